The molecular formula is C4H7ClO4S. The Balaban J connectivity index is 0. The predicted molar refractivity (Wildman–Crippen MR) is 39.1 cm³/mol. The molecule has 0 aliphatic rings. The summed E-state index contributed by atoms with van der Waals surface area (Å²) in [7, 11) is -2.57. The van der Waals surface area contributed by atoms with Crippen molar-refractivity contribution < 1.29 is 18.3 Å². The summed E-state index contributed by atoms with van der Waals surface area (Å²) in [6.45, 7) is 1.47. The number of carboxylic acid groups (broad SMARTS) is 1. The first-order valence-corrected chi connectivity index (χ1v) is 3.35. The molecule has 0 saturated carbocycles. The highest BCUT2D eigenvalue weighted by Gasteiger charge is 2.06. The summed E-state index contributed by atoms with van der Waals surface area (Å²) in [6, 6.07) is 0. The first kappa shape index (κ1) is 12.2. The van der Waals surface area contributed by atoms with E-state index < -0.39 is 21.1 Å². The third-order valence-corrected chi connectivity index (χ3v) is 1.63. The molecule has 0 atom stereocenters. The molecule has 0 fully saturated rings. The van der Waals surface area contributed by atoms with Gasteiger partial charge in [-0.25, -0.2) is 4.79 Å². The second-order valence-electron chi connectivity index (χ2n) is 1.32. The van der Waals surface area contributed by atoms with Gasteiger partial charge in [0.25, 0.3) is 0 Å². The highest BCUT2D eigenvalue weighted by Crippen LogP contribution is 1.80. The molecule has 0 bridgehead atoms. The van der Waals surface area contributed by atoms with Crippen molar-refractivity contribution in [3.05, 3.63) is 0 Å². The smallest absolute Gasteiger partial charge is 0.347 e. The Bertz CT molecular complexity index is 232. The van der Waals surface area contributed by atoms with Crippen LogP contribution in [0.25, 0.3) is 0 Å². The van der Waals surface area contributed by atoms with E-state index in [1.54, 1.807) is 0 Å². The zero-order valence-electron chi connectivity index (χ0n) is 5.20. The minimum Gasteiger partial charge on any atom is -0.477 e. The maximum atomic E-state index is 9.95. The van der Waals surface area contributed by atoms with Crippen LogP contribution in [0.2, 0.25) is 0 Å². The van der Waals surface area contributed by atoms with Crippen LogP contribution in [0.15, 0.2) is 0 Å². The van der Waals surface area contributed by atoms with E-state index >= 15 is 0 Å². The lowest BCUT2D eigenvalue weighted by Crippen LogP contribution is -2.11. The third kappa shape index (κ3) is 3.47. The number of carbonyl (C=O) groups is 1. The fourth-order valence-electron chi connectivity index (χ4n) is 0.340. The number of hydrogen-bond donors (Lipinski definition) is 1. The van der Waals surface area contributed by atoms with Crippen LogP contribution in [0.1, 0.15) is 13.3 Å². The summed E-state index contributed by atoms with van der Waals surface area (Å²) < 4.78 is 19.9. The van der Waals surface area contributed by atoms with Crippen LogP contribution in [0.4, 0.5) is 0 Å². The molecule has 0 rings (SSSR count). The number of halogens is 1. The minimum atomic E-state index is -2.57. The van der Waals surface area contributed by atoms with Gasteiger partial charge in [-0.3, -0.25) is 0 Å². The number of hydrogen-bond acceptors (Lipinski definition) is 3. The van der Waals surface area contributed by atoms with Crippen molar-refractivity contribution in [1.82, 2.24) is 0 Å². The van der Waals surface area contributed by atoms with Gasteiger partial charge in [-0.2, -0.15) is 8.42 Å². The van der Waals surface area contributed by atoms with Crippen molar-refractivity contribution in [3.8, 4) is 0 Å². The molecule has 0 radical (unpaired) electrons. The zero-order chi connectivity index (χ0) is 7.44. The van der Waals surface area contributed by atoms with E-state index in [4.69, 9.17) is 5.11 Å². The minimum absolute atomic E-state index is 0. The van der Waals surface area contributed by atoms with Gasteiger partial charge in [-0.15, -0.1) is 12.4 Å². The molecule has 0 heterocycles. The highest BCUT2D eigenvalue weighted by atomic mass is 35.5. The Labute approximate surface area is 65.8 Å². The Morgan fingerprint density at radius 3 is 1.90 bits per heavy atom. The lowest BCUT2D eigenvalue weighted by atomic mass is 10.3. The average molecular weight is 187 g/mol. The molecule has 0 aromatic carbocycles. The maximum absolute atomic E-state index is 9.95. The van der Waals surface area contributed by atoms with Crippen LogP contribution in [-0.2, 0) is 15.1 Å². The molecule has 0 aromatic rings. The molecule has 0 saturated heterocycles. The Morgan fingerprint density at radius 2 is 1.90 bits per heavy atom. The monoisotopic (exact) mass is 186 g/mol. The molecular weight excluding hydrogens is 180 g/mol. The molecule has 0 unspecified atom stereocenters. The molecule has 10 heavy (non-hydrogen) atoms. The largest absolute Gasteiger partial charge is 0.477 e. The van der Waals surface area contributed by atoms with Gasteiger partial charge in [0.2, 0.25) is 10.3 Å². The normalized spacial score (nSPS) is 7.70. The van der Waals surface area contributed by atoms with E-state index in [0.29, 0.717) is 0 Å². The van der Waals surface area contributed by atoms with E-state index in [-0.39, 0.29) is 18.8 Å². The summed E-state index contributed by atoms with van der Waals surface area (Å²) in [5.74, 6) is -1.37. The first-order valence-electron chi connectivity index (χ1n) is 2.28. The van der Waals surface area contributed by atoms with Gasteiger partial charge in [0.15, 0.2) is 4.86 Å². The van der Waals surface area contributed by atoms with Crippen LogP contribution >= 0.6 is 12.4 Å². The molecule has 0 aliphatic heterocycles. The standard InChI is InChI=1S/C4H6O4S.ClH/c1-2-3(4(5)6)9(7)8;/h2H2,1H3,(H,5,6);1H. The third-order valence-electron chi connectivity index (χ3n) is 0.761. The van der Waals surface area contributed by atoms with Crippen molar-refractivity contribution in [2.75, 3.05) is 0 Å². The van der Waals surface area contributed by atoms with Crippen molar-refractivity contribution in [1.29, 1.82) is 0 Å². The van der Waals surface area contributed by atoms with Crippen LogP contribution in [-0.4, -0.2) is 24.4 Å². The molecule has 0 aliphatic carbocycles. The lowest BCUT2D eigenvalue weighted by Gasteiger charge is -1.84. The summed E-state index contributed by atoms with van der Waals surface area (Å²) >= 11 is 0. The molecule has 4 nitrogen and oxygen atoms in total. The summed E-state index contributed by atoms with van der Waals surface area (Å²) in [4.78, 5) is 9.47. The van der Waals surface area contributed by atoms with Crippen molar-refractivity contribution in [2.45, 2.75) is 13.3 Å². The quantitative estimate of drug-likeness (QED) is 0.614. The van der Waals surface area contributed by atoms with Crippen LogP contribution in [0, 0.1) is 0 Å². The van der Waals surface area contributed by atoms with Gasteiger partial charge < -0.3 is 5.11 Å². The molecule has 0 amide bonds. The highest BCUT2D eigenvalue weighted by molar-refractivity contribution is 7.74. The zero-order valence-corrected chi connectivity index (χ0v) is 6.83. The van der Waals surface area contributed by atoms with E-state index in [1.165, 1.54) is 6.92 Å². The fraction of sp³-hybridized carbons (Fsp3) is 0.500. The number of carboxylic acids is 1. The topological polar surface area (TPSA) is 71.4 Å². The van der Waals surface area contributed by atoms with Gasteiger partial charge in [-0.1, -0.05) is 6.92 Å². The van der Waals surface area contributed by atoms with Gasteiger partial charge in [0, 0.05) is 0 Å². The van der Waals surface area contributed by atoms with Crippen LogP contribution in [0.5, 0.6) is 0 Å². The molecule has 60 valence electrons. The maximum Gasteiger partial charge on any atom is 0.347 e. The fourth-order valence-corrected chi connectivity index (χ4v) is 0.719. The Hall–Kier alpha value is -0.550. The molecule has 0 aromatic heterocycles. The lowest BCUT2D eigenvalue weighted by molar-refractivity contribution is -0.129. The molecule has 0 spiro atoms. The van der Waals surface area contributed by atoms with Gasteiger partial charge in [0.05, 0.1) is 0 Å². The Kier molecular flexibility index (Phi) is 6.38. The summed E-state index contributed by atoms with van der Waals surface area (Å²) in [6.07, 6.45) is 0.0332. The van der Waals surface area contributed by atoms with Gasteiger partial charge in [-0.05, 0) is 6.42 Å². The Morgan fingerprint density at radius 1 is 1.50 bits per heavy atom. The first-order chi connectivity index (χ1) is 4.09. The number of rotatable bonds is 2. The second kappa shape index (κ2) is 5.25. The van der Waals surface area contributed by atoms with Gasteiger partial charge in [0.1, 0.15) is 0 Å². The van der Waals surface area contributed by atoms with E-state index in [1.807, 2.05) is 0 Å². The summed E-state index contributed by atoms with van der Waals surface area (Å²) in [5.41, 5.74) is 0. The van der Waals surface area contributed by atoms with Crippen molar-refractivity contribution in [3.63, 3.8) is 0 Å². The van der Waals surface area contributed by atoms with Crippen LogP contribution in [0.3, 0.4) is 0 Å². The summed E-state index contributed by atoms with van der Waals surface area (Å²) in [5, 5.41) is 8.11. The van der Waals surface area contributed by atoms with Gasteiger partial charge >= 0.3 is 5.97 Å². The predicted octanol–water partition coefficient (Wildman–Crippen LogP) is -0.0457. The van der Waals surface area contributed by atoms with E-state index in [2.05, 4.69) is 0 Å². The SMILES string of the molecule is CCC(C(=O)O)=S(=O)=O.Cl. The molecule has 1 N–H and O–H groups in total. The van der Waals surface area contributed by atoms with E-state index in [9.17, 15) is 13.2 Å². The van der Waals surface area contributed by atoms with Crippen molar-refractivity contribution in [2.24, 2.45) is 0 Å². The van der Waals surface area contributed by atoms with Crippen molar-refractivity contribution >= 4 is 33.5 Å². The van der Waals surface area contributed by atoms with Crippen LogP contribution < -0.4 is 0 Å². The van der Waals surface area contributed by atoms with E-state index in [0.717, 1.165) is 0 Å². The molecule has 6 heteroatoms. The average Bonchev–Trinajstić information content (AvgIpc) is 1.64. The second-order valence-corrected chi connectivity index (χ2v) is 2.28. The number of aliphatic carboxylic acids is 1.